The van der Waals surface area contributed by atoms with Crippen molar-refractivity contribution in [1.29, 1.82) is 5.26 Å². The first-order chi connectivity index (χ1) is 13.5. The van der Waals surface area contributed by atoms with E-state index in [2.05, 4.69) is 11.1 Å². The molecule has 1 atom stereocenters. The van der Waals surface area contributed by atoms with Gasteiger partial charge in [-0.15, -0.1) is 0 Å². The highest BCUT2D eigenvalue weighted by Gasteiger charge is 2.38. The molecule has 2 N–H and O–H groups in total. The van der Waals surface area contributed by atoms with Gasteiger partial charge in [0, 0.05) is 17.8 Å². The molecule has 3 aromatic heterocycles. The van der Waals surface area contributed by atoms with Crippen LogP contribution in [0.4, 0.5) is 0 Å². The van der Waals surface area contributed by atoms with Crippen LogP contribution in [0.25, 0.3) is 16.6 Å². The van der Waals surface area contributed by atoms with Gasteiger partial charge < -0.3 is 15.0 Å². The Bertz CT molecular complexity index is 1420. The predicted octanol–water partition coefficient (Wildman–Crippen LogP) is 2.77. The number of ether oxygens (including phenoxy) is 1. The maximum absolute atomic E-state index is 13.4. The number of imidazole rings is 1. The highest BCUT2D eigenvalue weighted by Crippen LogP contribution is 2.44. The van der Waals surface area contributed by atoms with E-state index in [1.54, 1.807) is 11.6 Å². The van der Waals surface area contributed by atoms with Crippen LogP contribution in [0.5, 0.6) is 5.75 Å². The van der Waals surface area contributed by atoms with Crippen molar-refractivity contribution in [3.8, 4) is 11.8 Å². The van der Waals surface area contributed by atoms with Gasteiger partial charge in [0.25, 0.3) is 5.56 Å². The Morgan fingerprint density at radius 1 is 1.32 bits per heavy atom. The van der Waals surface area contributed by atoms with Gasteiger partial charge in [0.2, 0.25) is 5.88 Å². The lowest BCUT2D eigenvalue weighted by molar-refractivity contribution is 0.395. The summed E-state index contributed by atoms with van der Waals surface area (Å²) in [5.41, 5.74) is 9.59. The first-order valence-corrected chi connectivity index (χ1v) is 9.48. The van der Waals surface area contributed by atoms with Crippen LogP contribution in [0.15, 0.2) is 52.0 Å². The average Bonchev–Trinajstić information content (AvgIpc) is 3.25. The van der Waals surface area contributed by atoms with E-state index < -0.39 is 5.92 Å². The minimum absolute atomic E-state index is 0.0179. The summed E-state index contributed by atoms with van der Waals surface area (Å²) in [7, 11) is 1.72. The summed E-state index contributed by atoms with van der Waals surface area (Å²) in [4.78, 5) is 18.0. The van der Waals surface area contributed by atoms with Crippen molar-refractivity contribution in [2.24, 2.45) is 12.8 Å². The minimum Gasteiger partial charge on any atom is -0.439 e. The summed E-state index contributed by atoms with van der Waals surface area (Å²) in [5, 5.41) is 12.5. The molecular weight excluding hydrogens is 374 g/mol. The van der Waals surface area contributed by atoms with Crippen molar-refractivity contribution in [2.75, 3.05) is 0 Å². The number of para-hydroxylation sites is 1. The fourth-order valence-electron chi connectivity index (χ4n) is 3.94. The van der Waals surface area contributed by atoms with Gasteiger partial charge in [0.05, 0.1) is 28.4 Å². The van der Waals surface area contributed by atoms with Crippen molar-refractivity contribution >= 4 is 28.1 Å². The van der Waals surface area contributed by atoms with E-state index in [0.717, 1.165) is 27.9 Å². The van der Waals surface area contributed by atoms with Crippen molar-refractivity contribution in [3.05, 3.63) is 74.5 Å². The highest BCUT2D eigenvalue weighted by atomic mass is 32.1. The molecule has 1 aromatic carbocycles. The minimum atomic E-state index is -0.647. The zero-order valence-electron chi connectivity index (χ0n) is 15.1. The molecule has 7 nitrogen and oxygen atoms in total. The van der Waals surface area contributed by atoms with E-state index in [1.807, 2.05) is 46.4 Å². The second-order valence-corrected chi connectivity index (χ2v) is 7.54. The molecule has 0 saturated heterocycles. The van der Waals surface area contributed by atoms with Crippen LogP contribution < -0.4 is 16.0 Å². The van der Waals surface area contributed by atoms with E-state index in [4.69, 9.17) is 10.5 Å². The van der Waals surface area contributed by atoms with Crippen LogP contribution in [0.2, 0.25) is 0 Å². The van der Waals surface area contributed by atoms with Crippen molar-refractivity contribution in [3.63, 3.8) is 0 Å². The number of aryl methyl sites for hydroxylation is 2. The van der Waals surface area contributed by atoms with Gasteiger partial charge in [-0.3, -0.25) is 8.58 Å². The van der Waals surface area contributed by atoms with E-state index in [-0.39, 0.29) is 17.0 Å². The van der Waals surface area contributed by atoms with Crippen LogP contribution in [0.3, 0.4) is 0 Å². The third-order valence-corrected chi connectivity index (χ3v) is 6.05. The Morgan fingerprint density at radius 2 is 2.11 bits per heavy atom. The molecule has 1 aliphatic rings. The number of nitrogens with zero attached hydrogens (tertiary/aromatic N) is 4. The number of benzene rings is 1. The van der Waals surface area contributed by atoms with Gasteiger partial charge in [-0.05, 0) is 25.1 Å². The van der Waals surface area contributed by atoms with E-state index >= 15 is 0 Å². The zero-order valence-corrected chi connectivity index (χ0v) is 15.9. The van der Waals surface area contributed by atoms with E-state index in [1.165, 1.54) is 11.5 Å². The molecule has 28 heavy (non-hydrogen) atoms. The normalized spacial score (nSPS) is 16.2. The molecule has 5 rings (SSSR count). The maximum Gasteiger partial charge on any atom is 0.258 e. The topological polar surface area (TPSA) is 98.3 Å². The Kier molecular flexibility index (Phi) is 3.38. The van der Waals surface area contributed by atoms with Crippen LogP contribution in [-0.2, 0) is 7.05 Å². The highest BCUT2D eigenvalue weighted by molar-refractivity contribution is 7.04. The van der Waals surface area contributed by atoms with Crippen LogP contribution in [0.1, 0.15) is 22.9 Å². The molecule has 0 bridgehead atoms. The quantitative estimate of drug-likeness (QED) is 0.540. The molecule has 0 radical (unpaired) electrons. The third kappa shape index (κ3) is 2.02. The summed E-state index contributed by atoms with van der Waals surface area (Å²) in [6.45, 7) is 1.88. The number of hydrogen-bond donors (Lipinski definition) is 1. The summed E-state index contributed by atoms with van der Waals surface area (Å²) in [6, 6.07) is 11.6. The molecule has 4 aromatic rings. The fraction of sp³-hybridized carbons (Fsp3) is 0.150. The molecule has 138 valence electrons. The Morgan fingerprint density at radius 3 is 2.89 bits per heavy atom. The number of allylic oxidation sites excluding steroid dienone is 1. The lowest BCUT2D eigenvalue weighted by Crippen LogP contribution is -2.31. The lowest BCUT2D eigenvalue weighted by atomic mass is 9.85. The van der Waals surface area contributed by atoms with Crippen LogP contribution in [-0.4, -0.2) is 13.3 Å². The smallest absolute Gasteiger partial charge is 0.258 e. The molecule has 0 saturated carbocycles. The molecule has 0 spiro atoms. The summed E-state index contributed by atoms with van der Waals surface area (Å²) >= 11 is 1.46. The van der Waals surface area contributed by atoms with Gasteiger partial charge >= 0.3 is 0 Å². The summed E-state index contributed by atoms with van der Waals surface area (Å²) in [6.07, 6.45) is 0. The number of fused-ring (bicyclic) bond motifs is 4. The number of nitrogens with two attached hydrogens (primary N) is 1. The molecule has 0 fully saturated rings. The first kappa shape index (κ1) is 16.6. The Balaban J connectivity index is 1.96. The number of pyridine rings is 1. The van der Waals surface area contributed by atoms with Crippen molar-refractivity contribution in [1.82, 2.24) is 13.3 Å². The maximum atomic E-state index is 13.4. The molecule has 0 aliphatic carbocycles. The SMILES string of the molecule is Cc1nc2ccsn2c1C1C(C#N)=C(N)Oc2c1c(=O)n(C)c1ccccc21. The third-order valence-electron chi connectivity index (χ3n) is 5.20. The number of rotatable bonds is 1. The summed E-state index contributed by atoms with van der Waals surface area (Å²) in [5.74, 6) is -0.221. The van der Waals surface area contributed by atoms with Crippen molar-refractivity contribution in [2.45, 2.75) is 12.8 Å². The van der Waals surface area contributed by atoms with Gasteiger partial charge in [-0.1, -0.05) is 23.7 Å². The molecule has 1 aliphatic heterocycles. The molecule has 1 unspecified atom stereocenters. The lowest BCUT2D eigenvalue weighted by Gasteiger charge is -2.27. The number of hydrogen-bond acceptors (Lipinski definition) is 6. The molecule has 4 heterocycles. The average molecular weight is 389 g/mol. The second kappa shape index (κ2) is 5.71. The first-order valence-electron chi connectivity index (χ1n) is 8.65. The van der Waals surface area contributed by atoms with Gasteiger partial charge in [-0.2, -0.15) is 5.26 Å². The molecule has 0 amide bonds. The monoisotopic (exact) mass is 389 g/mol. The van der Waals surface area contributed by atoms with Gasteiger partial charge in [0.1, 0.15) is 23.0 Å². The molecule has 8 heteroatoms. The van der Waals surface area contributed by atoms with Gasteiger partial charge in [-0.25, -0.2) is 4.98 Å². The second-order valence-electron chi connectivity index (χ2n) is 6.69. The van der Waals surface area contributed by atoms with E-state index in [9.17, 15) is 10.1 Å². The van der Waals surface area contributed by atoms with Gasteiger partial charge in [0.15, 0.2) is 0 Å². The van der Waals surface area contributed by atoms with E-state index in [0.29, 0.717) is 11.3 Å². The summed E-state index contributed by atoms with van der Waals surface area (Å²) < 4.78 is 9.37. The van der Waals surface area contributed by atoms with Crippen LogP contribution >= 0.6 is 11.5 Å². The standard InChI is InChI=1S/C20H15N5O2S/c1-10-17(25-14(23-10)7-8-28-25)15-12(9-21)19(22)27-18-11-5-3-4-6-13(11)24(2)20(26)16(15)18/h3-8,15H,22H2,1-2H3. The fourth-order valence-corrected chi connectivity index (χ4v) is 4.80. The van der Waals surface area contributed by atoms with Crippen LogP contribution in [0, 0.1) is 18.3 Å². The Labute approximate surface area is 163 Å². The zero-order chi connectivity index (χ0) is 19.6. The largest absolute Gasteiger partial charge is 0.439 e. The predicted molar refractivity (Wildman–Crippen MR) is 106 cm³/mol. The van der Waals surface area contributed by atoms with Crippen molar-refractivity contribution < 1.29 is 4.74 Å². The number of aromatic nitrogens is 3. The molecular formula is C20H15N5O2S. The number of nitriles is 1. The Hall–Kier alpha value is -3.57.